The van der Waals surface area contributed by atoms with Crippen molar-refractivity contribution in [3.05, 3.63) is 18.2 Å². The lowest BCUT2D eigenvalue weighted by molar-refractivity contribution is -0.139. The van der Waals surface area contributed by atoms with Gasteiger partial charge in [-0.2, -0.15) is 0 Å². The predicted molar refractivity (Wildman–Crippen MR) is 72.1 cm³/mol. The van der Waals surface area contributed by atoms with E-state index in [4.69, 9.17) is 5.11 Å². The average molecular weight is 280 g/mol. The summed E-state index contributed by atoms with van der Waals surface area (Å²) in [5, 5.41) is 11.7. The molecule has 7 heteroatoms. The van der Waals surface area contributed by atoms with Crippen LogP contribution >= 0.6 is 0 Å². The number of carboxylic acids is 1. The van der Waals surface area contributed by atoms with Gasteiger partial charge in [-0.3, -0.25) is 0 Å². The lowest BCUT2D eigenvalue weighted by Gasteiger charge is -2.29. The molecule has 0 bridgehead atoms. The summed E-state index contributed by atoms with van der Waals surface area (Å²) >= 11 is 0. The Morgan fingerprint density at radius 3 is 3.00 bits per heavy atom. The number of carbonyl (C=O) groups excluding carboxylic acids is 1. The van der Waals surface area contributed by atoms with Crippen molar-refractivity contribution in [2.75, 3.05) is 6.54 Å². The number of carboxylic acid groups (broad SMARTS) is 1. The maximum absolute atomic E-state index is 12.1. The van der Waals surface area contributed by atoms with Crippen molar-refractivity contribution >= 4 is 12.0 Å². The molecule has 1 aromatic heterocycles. The molecule has 2 amide bonds. The molecule has 20 heavy (non-hydrogen) atoms. The van der Waals surface area contributed by atoms with E-state index in [2.05, 4.69) is 10.3 Å². The molecule has 7 nitrogen and oxygen atoms in total. The van der Waals surface area contributed by atoms with Crippen LogP contribution in [-0.2, 0) is 17.9 Å². The van der Waals surface area contributed by atoms with E-state index >= 15 is 0 Å². The van der Waals surface area contributed by atoms with E-state index in [0.29, 0.717) is 26.1 Å². The molecule has 0 unspecified atom stereocenters. The number of hydrogen-bond acceptors (Lipinski definition) is 3. The van der Waals surface area contributed by atoms with Crippen molar-refractivity contribution in [3.63, 3.8) is 0 Å². The maximum Gasteiger partial charge on any atom is 0.326 e. The summed E-state index contributed by atoms with van der Waals surface area (Å²) in [6, 6.07) is -1.15. The van der Waals surface area contributed by atoms with Gasteiger partial charge in [-0.15, -0.1) is 0 Å². The number of aromatic nitrogens is 2. The first-order valence-corrected chi connectivity index (χ1v) is 6.90. The van der Waals surface area contributed by atoms with E-state index in [1.165, 1.54) is 0 Å². The van der Waals surface area contributed by atoms with Gasteiger partial charge >= 0.3 is 12.0 Å². The Kier molecular flexibility index (Phi) is 4.60. The van der Waals surface area contributed by atoms with E-state index in [-0.39, 0.29) is 6.03 Å². The number of rotatable bonds is 5. The Hall–Kier alpha value is -2.05. The average Bonchev–Trinajstić information content (AvgIpc) is 2.90. The third-order valence-corrected chi connectivity index (χ3v) is 3.47. The molecule has 0 aliphatic carbocycles. The number of carbonyl (C=O) groups is 2. The second kappa shape index (κ2) is 6.40. The van der Waals surface area contributed by atoms with Crippen LogP contribution in [0.2, 0.25) is 0 Å². The van der Waals surface area contributed by atoms with Crippen LogP contribution in [0.1, 0.15) is 32.0 Å². The maximum atomic E-state index is 12.1. The van der Waals surface area contributed by atoms with Crippen molar-refractivity contribution in [2.24, 2.45) is 0 Å². The lowest BCUT2D eigenvalue weighted by Crippen LogP contribution is -2.49. The highest BCUT2D eigenvalue weighted by molar-refractivity contribution is 5.82. The van der Waals surface area contributed by atoms with E-state index < -0.39 is 12.0 Å². The minimum atomic E-state index is -0.981. The Balaban J connectivity index is 1.92. The van der Waals surface area contributed by atoms with Gasteiger partial charge in [0.05, 0.1) is 6.54 Å². The van der Waals surface area contributed by atoms with Crippen LogP contribution in [0.15, 0.2) is 12.4 Å². The van der Waals surface area contributed by atoms with Gasteiger partial charge in [0.25, 0.3) is 0 Å². The largest absolute Gasteiger partial charge is 0.480 e. The molecular weight excluding hydrogens is 260 g/mol. The molecule has 1 aromatic rings. The third-order valence-electron chi connectivity index (χ3n) is 3.47. The fourth-order valence-electron chi connectivity index (χ4n) is 2.25. The zero-order chi connectivity index (χ0) is 14.5. The van der Waals surface area contributed by atoms with Gasteiger partial charge < -0.3 is 19.9 Å². The fourth-order valence-corrected chi connectivity index (χ4v) is 2.25. The van der Waals surface area contributed by atoms with Crippen LogP contribution in [0.3, 0.4) is 0 Å². The molecule has 1 atom stereocenters. The van der Waals surface area contributed by atoms with Crippen molar-refractivity contribution < 1.29 is 14.7 Å². The number of amides is 2. The number of imidazole rings is 1. The lowest BCUT2D eigenvalue weighted by atomic mass is 10.1. The monoisotopic (exact) mass is 280 g/mol. The van der Waals surface area contributed by atoms with Gasteiger partial charge in [-0.1, -0.05) is 19.8 Å². The molecule has 110 valence electrons. The quantitative estimate of drug-likeness (QED) is 0.844. The highest BCUT2D eigenvalue weighted by atomic mass is 16.4. The first-order valence-electron chi connectivity index (χ1n) is 6.90. The summed E-state index contributed by atoms with van der Waals surface area (Å²) in [4.78, 5) is 29.0. The predicted octanol–water partition coefficient (Wildman–Crippen LogP) is 1.05. The standard InChI is InChI=1S/C13H20N4O3/c1-2-3-4-10(12(18)19)15-13(20)17-8-7-16-6-5-14-11(16)9-17/h5-6,10H,2-4,7-9H2,1H3,(H,15,20)(H,18,19)/t10-/m0/s1. The number of hydrogen-bond donors (Lipinski definition) is 2. The zero-order valence-corrected chi connectivity index (χ0v) is 11.6. The van der Waals surface area contributed by atoms with Crippen molar-refractivity contribution in [1.82, 2.24) is 19.8 Å². The molecule has 2 heterocycles. The number of urea groups is 1. The Labute approximate surface area is 117 Å². The highest BCUT2D eigenvalue weighted by Crippen LogP contribution is 2.11. The van der Waals surface area contributed by atoms with Crippen LogP contribution in [0.5, 0.6) is 0 Å². The van der Waals surface area contributed by atoms with E-state index in [9.17, 15) is 9.59 Å². The molecule has 1 aliphatic heterocycles. The molecule has 2 rings (SSSR count). The summed E-state index contributed by atoms with van der Waals surface area (Å²) < 4.78 is 2.00. The molecule has 2 N–H and O–H groups in total. The van der Waals surface area contributed by atoms with Gasteiger partial charge in [0, 0.05) is 25.5 Å². The van der Waals surface area contributed by atoms with E-state index in [1.807, 2.05) is 17.7 Å². The van der Waals surface area contributed by atoms with Crippen molar-refractivity contribution in [3.8, 4) is 0 Å². The van der Waals surface area contributed by atoms with Gasteiger partial charge in [-0.05, 0) is 6.42 Å². The van der Waals surface area contributed by atoms with Gasteiger partial charge in [-0.25, -0.2) is 14.6 Å². The molecular formula is C13H20N4O3. The van der Waals surface area contributed by atoms with Crippen LogP contribution < -0.4 is 5.32 Å². The number of nitrogens with zero attached hydrogens (tertiary/aromatic N) is 3. The number of nitrogens with one attached hydrogen (secondary N) is 1. The highest BCUT2D eigenvalue weighted by Gasteiger charge is 2.25. The SMILES string of the molecule is CCCC[C@H](NC(=O)N1CCn2ccnc2C1)C(=O)O. The molecule has 0 saturated heterocycles. The third kappa shape index (κ3) is 3.28. The van der Waals surface area contributed by atoms with Crippen LogP contribution in [0, 0.1) is 0 Å². The van der Waals surface area contributed by atoms with E-state index in [1.54, 1.807) is 11.1 Å². The first kappa shape index (κ1) is 14.4. The van der Waals surface area contributed by atoms with Crippen LogP contribution in [-0.4, -0.2) is 44.1 Å². The Morgan fingerprint density at radius 2 is 2.30 bits per heavy atom. The summed E-state index contributed by atoms with van der Waals surface area (Å²) in [7, 11) is 0. The first-order chi connectivity index (χ1) is 9.61. The fraction of sp³-hybridized carbons (Fsp3) is 0.615. The van der Waals surface area contributed by atoms with Crippen LogP contribution in [0.4, 0.5) is 4.79 Å². The van der Waals surface area contributed by atoms with Gasteiger partial charge in [0.15, 0.2) is 0 Å². The Morgan fingerprint density at radius 1 is 1.50 bits per heavy atom. The molecule has 1 aliphatic rings. The second-order valence-electron chi connectivity index (χ2n) is 4.94. The molecule has 0 saturated carbocycles. The summed E-state index contributed by atoms with van der Waals surface area (Å²) in [6.07, 6.45) is 5.73. The molecule has 0 fully saturated rings. The minimum absolute atomic E-state index is 0.331. The van der Waals surface area contributed by atoms with Crippen molar-refractivity contribution in [1.29, 1.82) is 0 Å². The molecule has 0 spiro atoms. The van der Waals surface area contributed by atoms with E-state index in [0.717, 1.165) is 18.7 Å². The Bertz CT molecular complexity index is 486. The number of fused-ring (bicyclic) bond motifs is 1. The summed E-state index contributed by atoms with van der Waals surface area (Å²) in [5.74, 6) is -0.155. The zero-order valence-electron chi connectivity index (χ0n) is 11.6. The van der Waals surface area contributed by atoms with Gasteiger partial charge in [0.2, 0.25) is 0 Å². The normalized spacial score (nSPS) is 15.6. The smallest absolute Gasteiger partial charge is 0.326 e. The van der Waals surface area contributed by atoms with Crippen molar-refractivity contribution in [2.45, 2.75) is 45.3 Å². The van der Waals surface area contributed by atoms with Gasteiger partial charge in [0.1, 0.15) is 11.9 Å². The van der Waals surface area contributed by atoms with Crippen LogP contribution in [0.25, 0.3) is 0 Å². The minimum Gasteiger partial charge on any atom is -0.480 e. The molecule has 0 radical (unpaired) electrons. The number of aliphatic carboxylic acids is 1. The molecule has 0 aromatic carbocycles. The topological polar surface area (TPSA) is 87.5 Å². The second-order valence-corrected chi connectivity index (χ2v) is 4.94. The summed E-state index contributed by atoms with van der Waals surface area (Å²) in [6.45, 7) is 3.66. The number of unbranched alkanes of at least 4 members (excludes halogenated alkanes) is 1. The summed E-state index contributed by atoms with van der Waals surface area (Å²) in [5.41, 5.74) is 0.